The first kappa shape index (κ1) is 12.2. The lowest BCUT2D eigenvalue weighted by Crippen LogP contribution is -1.97. The van der Waals surface area contributed by atoms with Gasteiger partial charge in [0, 0.05) is 16.1 Å². The zero-order chi connectivity index (χ0) is 12.4. The summed E-state index contributed by atoms with van der Waals surface area (Å²) in [6, 6.07) is 6.77. The van der Waals surface area contributed by atoms with Crippen LogP contribution in [0, 0.1) is 0 Å². The molecule has 0 radical (unpaired) electrons. The summed E-state index contributed by atoms with van der Waals surface area (Å²) in [5.41, 5.74) is 8.01. The lowest BCUT2D eigenvalue weighted by molar-refractivity contribution is 0.282. The fourth-order valence-corrected chi connectivity index (χ4v) is 1.95. The van der Waals surface area contributed by atoms with Crippen LogP contribution < -0.4 is 5.73 Å². The molecule has 0 unspecified atom stereocenters. The van der Waals surface area contributed by atoms with Crippen LogP contribution in [0.15, 0.2) is 30.5 Å². The second-order valence-electron chi connectivity index (χ2n) is 3.56. The minimum atomic E-state index is -0.157. The van der Waals surface area contributed by atoms with Crippen molar-refractivity contribution in [3.63, 3.8) is 0 Å². The summed E-state index contributed by atoms with van der Waals surface area (Å²) >= 11 is 12.0. The number of aromatic nitrogens is 1. The highest BCUT2D eigenvalue weighted by molar-refractivity contribution is 6.35. The van der Waals surface area contributed by atoms with E-state index in [1.807, 2.05) is 0 Å². The van der Waals surface area contributed by atoms with Crippen LogP contribution in [-0.4, -0.2) is 10.1 Å². The fraction of sp³-hybridized carbons (Fsp3) is 0.0833. The zero-order valence-corrected chi connectivity index (χ0v) is 10.3. The van der Waals surface area contributed by atoms with Gasteiger partial charge in [0.2, 0.25) is 0 Å². The number of benzene rings is 1. The molecule has 0 spiro atoms. The Bertz CT molecular complexity index is 558. The van der Waals surface area contributed by atoms with Crippen LogP contribution in [0.1, 0.15) is 5.56 Å². The molecule has 17 heavy (non-hydrogen) atoms. The third-order valence-electron chi connectivity index (χ3n) is 2.34. The monoisotopic (exact) mass is 268 g/mol. The van der Waals surface area contributed by atoms with E-state index in [0.29, 0.717) is 32.6 Å². The molecule has 0 bridgehead atoms. The summed E-state index contributed by atoms with van der Waals surface area (Å²) in [6.07, 6.45) is 1.52. The molecule has 2 aromatic rings. The molecule has 5 heteroatoms. The van der Waals surface area contributed by atoms with Crippen LogP contribution >= 0.6 is 23.2 Å². The van der Waals surface area contributed by atoms with Crippen LogP contribution in [0.25, 0.3) is 11.3 Å². The minimum absolute atomic E-state index is 0.157. The van der Waals surface area contributed by atoms with Crippen molar-refractivity contribution in [2.75, 3.05) is 5.73 Å². The van der Waals surface area contributed by atoms with Crippen molar-refractivity contribution < 1.29 is 5.11 Å². The van der Waals surface area contributed by atoms with Gasteiger partial charge < -0.3 is 10.8 Å². The maximum Gasteiger partial charge on any atom is 0.0774 e. The highest BCUT2D eigenvalue weighted by Crippen LogP contribution is 2.31. The standard InChI is InChI=1S/C12H10Cl2N2O/c13-8-1-2-11(14)10(4-8)12-7(6-17)3-9(15)5-16-12/h1-5,17H,6,15H2. The summed E-state index contributed by atoms with van der Waals surface area (Å²) in [5.74, 6) is 0. The molecule has 88 valence electrons. The molecular weight excluding hydrogens is 259 g/mol. The Balaban J connectivity index is 2.63. The molecule has 2 rings (SSSR count). The average Bonchev–Trinajstić information content (AvgIpc) is 2.32. The molecule has 0 amide bonds. The molecule has 1 heterocycles. The van der Waals surface area contributed by atoms with Gasteiger partial charge in [-0.2, -0.15) is 0 Å². The number of aliphatic hydroxyl groups excluding tert-OH is 1. The van der Waals surface area contributed by atoms with Crippen molar-refractivity contribution in [1.82, 2.24) is 4.98 Å². The Morgan fingerprint density at radius 3 is 2.71 bits per heavy atom. The quantitative estimate of drug-likeness (QED) is 0.880. The number of rotatable bonds is 2. The zero-order valence-electron chi connectivity index (χ0n) is 8.82. The third kappa shape index (κ3) is 2.52. The summed E-state index contributed by atoms with van der Waals surface area (Å²) in [6.45, 7) is -0.157. The Morgan fingerprint density at radius 1 is 1.24 bits per heavy atom. The van der Waals surface area contributed by atoms with E-state index in [1.165, 1.54) is 6.20 Å². The summed E-state index contributed by atoms with van der Waals surface area (Å²) < 4.78 is 0. The van der Waals surface area contributed by atoms with Gasteiger partial charge in [0.25, 0.3) is 0 Å². The van der Waals surface area contributed by atoms with Gasteiger partial charge in [0.15, 0.2) is 0 Å². The number of nitrogens with zero attached hydrogens (tertiary/aromatic N) is 1. The van der Waals surface area contributed by atoms with Crippen molar-refractivity contribution in [3.05, 3.63) is 46.1 Å². The van der Waals surface area contributed by atoms with Crippen molar-refractivity contribution in [1.29, 1.82) is 0 Å². The van der Waals surface area contributed by atoms with Crippen molar-refractivity contribution >= 4 is 28.9 Å². The molecule has 0 saturated heterocycles. The van der Waals surface area contributed by atoms with Gasteiger partial charge in [-0.15, -0.1) is 0 Å². The lowest BCUT2D eigenvalue weighted by Gasteiger charge is -2.09. The molecule has 3 N–H and O–H groups in total. The smallest absolute Gasteiger partial charge is 0.0774 e. The molecule has 3 nitrogen and oxygen atoms in total. The largest absolute Gasteiger partial charge is 0.397 e. The van der Waals surface area contributed by atoms with Gasteiger partial charge in [0.05, 0.1) is 29.2 Å². The number of pyridine rings is 1. The summed E-state index contributed by atoms with van der Waals surface area (Å²) in [4.78, 5) is 4.19. The van der Waals surface area contributed by atoms with E-state index >= 15 is 0 Å². The molecular formula is C12H10Cl2N2O. The van der Waals surface area contributed by atoms with Crippen LogP contribution in [0.3, 0.4) is 0 Å². The second kappa shape index (κ2) is 4.92. The van der Waals surface area contributed by atoms with Gasteiger partial charge in [-0.05, 0) is 24.3 Å². The summed E-state index contributed by atoms with van der Waals surface area (Å²) in [5, 5.41) is 10.4. The normalized spacial score (nSPS) is 10.5. The number of nitrogens with two attached hydrogens (primary N) is 1. The first-order valence-corrected chi connectivity index (χ1v) is 5.68. The molecule has 0 atom stereocenters. The van der Waals surface area contributed by atoms with Gasteiger partial charge >= 0.3 is 0 Å². The van der Waals surface area contributed by atoms with E-state index in [0.717, 1.165) is 0 Å². The molecule has 0 saturated carbocycles. The second-order valence-corrected chi connectivity index (χ2v) is 4.40. The van der Waals surface area contributed by atoms with E-state index in [-0.39, 0.29) is 6.61 Å². The minimum Gasteiger partial charge on any atom is -0.397 e. The van der Waals surface area contributed by atoms with E-state index in [9.17, 15) is 5.11 Å². The van der Waals surface area contributed by atoms with Crippen LogP contribution in [0.5, 0.6) is 0 Å². The van der Waals surface area contributed by atoms with Gasteiger partial charge in [-0.25, -0.2) is 0 Å². The number of anilines is 1. The van der Waals surface area contributed by atoms with E-state index < -0.39 is 0 Å². The SMILES string of the molecule is Nc1cnc(-c2cc(Cl)ccc2Cl)c(CO)c1. The summed E-state index contributed by atoms with van der Waals surface area (Å²) in [7, 11) is 0. The number of hydrogen-bond acceptors (Lipinski definition) is 3. The van der Waals surface area contributed by atoms with Crippen LogP contribution in [0.2, 0.25) is 10.0 Å². The van der Waals surface area contributed by atoms with Crippen molar-refractivity contribution in [2.24, 2.45) is 0 Å². The number of halogens is 2. The first-order valence-electron chi connectivity index (χ1n) is 4.92. The maximum atomic E-state index is 9.29. The Kier molecular flexibility index (Phi) is 3.52. The maximum absolute atomic E-state index is 9.29. The molecule has 1 aromatic carbocycles. The number of hydrogen-bond donors (Lipinski definition) is 2. The highest BCUT2D eigenvalue weighted by Gasteiger charge is 2.11. The molecule has 0 aliphatic carbocycles. The number of nitrogen functional groups attached to an aromatic ring is 1. The van der Waals surface area contributed by atoms with Gasteiger partial charge in [0.1, 0.15) is 0 Å². The molecule has 0 fully saturated rings. The molecule has 1 aromatic heterocycles. The van der Waals surface area contributed by atoms with E-state index in [4.69, 9.17) is 28.9 Å². The van der Waals surface area contributed by atoms with Gasteiger partial charge in [-0.1, -0.05) is 23.2 Å². The van der Waals surface area contributed by atoms with Gasteiger partial charge in [-0.3, -0.25) is 4.98 Å². The lowest BCUT2D eigenvalue weighted by atomic mass is 10.1. The Morgan fingerprint density at radius 2 is 2.00 bits per heavy atom. The fourth-order valence-electron chi connectivity index (χ4n) is 1.57. The Labute approximate surface area is 109 Å². The molecule has 0 aliphatic rings. The van der Waals surface area contributed by atoms with Crippen molar-refractivity contribution in [3.8, 4) is 11.3 Å². The highest BCUT2D eigenvalue weighted by atomic mass is 35.5. The van der Waals surface area contributed by atoms with Crippen LogP contribution in [-0.2, 0) is 6.61 Å². The number of aliphatic hydroxyl groups is 1. The first-order chi connectivity index (χ1) is 8.11. The predicted molar refractivity (Wildman–Crippen MR) is 70.0 cm³/mol. The van der Waals surface area contributed by atoms with Crippen molar-refractivity contribution in [2.45, 2.75) is 6.61 Å². The van der Waals surface area contributed by atoms with E-state index in [1.54, 1.807) is 24.3 Å². The third-order valence-corrected chi connectivity index (χ3v) is 2.91. The van der Waals surface area contributed by atoms with Crippen LogP contribution in [0.4, 0.5) is 5.69 Å². The average molecular weight is 269 g/mol. The predicted octanol–water partition coefficient (Wildman–Crippen LogP) is 3.13. The van der Waals surface area contributed by atoms with E-state index in [2.05, 4.69) is 4.98 Å². The molecule has 0 aliphatic heterocycles. The topological polar surface area (TPSA) is 59.1 Å². The Hall–Kier alpha value is -1.29.